The number of carbonyl (C=O) groups is 2. The maximum Gasteiger partial charge on any atom is 0.407 e. The molecule has 14 nitrogen and oxygen atoms in total. The van der Waals surface area contributed by atoms with Crippen LogP contribution in [0.25, 0.3) is 0 Å². The van der Waals surface area contributed by atoms with Crippen molar-refractivity contribution in [1.29, 1.82) is 0 Å². The molecular weight excluding hydrogens is 622 g/mol. The van der Waals surface area contributed by atoms with Crippen LogP contribution < -0.4 is 20.5 Å². The average molecular weight is 664 g/mol. The standard InChI is InChI=1S/C31H41N3O11S/c1-31(2,11-13-41-29(32)36)18-34(46(38,39)21-8-9-25-26(15-21)44-19-43-25)16-24(35)23(14-20-6-4-3-5-7-20)33-30(37)45-27-17-42-28-22(27)10-12-40-28/h3-9,15,22-24,27-28,35H,10-14,16-19H2,1-2H3,(H2,32,36)(H,33,37)/t22-,23-,24+,27-,28+/m0/s1. The number of benzene rings is 2. The number of hydrogen-bond donors (Lipinski definition) is 3. The summed E-state index contributed by atoms with van der Waals surface area (Å²) in [7, 11) is -4.22. The molecule has 2 saturated heterocycles. The van der Waals surface area contributed by atoms with E-state index < -0.39 is 52.2 Å². The van der Waals surface area contributed by atoms with Crippen LogP contribution in [-0.4, -0.2) is 94.3 Å². The molecule has 0 bridgehead atoms. The molecule has 4 N–H and O–H groups in total. The van der Waals surface area contributed by atoms with E-state index in [1.165, 1.54) is 18.2 Å². The zero-order valence-corrected chi connectivity index (χ0v) is 26.6. The number of carbonyl (C=O) groups excluding carboxylic acids is 2. The van der Waals surface area contributed by atoms with Gasteiger partial charge in [0.1, 0.15) is 6.10 Å². The van der Waals surface area contributed by atoms with Crippen molar-refractivity contribution in [2.45, 2.75) is 62.5 Å². The third-order valence-electron chi connectivity index (χ3n) is 8.31. The average Bonchev–Trinajstić information content (AvgIpc) is 3.75. The number of aliphatic hydroxyl groups excluding tert-OH is 1. The highest BCUT2D eigenvalue weighted by atomic mass is 32.2. The Morgan fingerprint density at radius 1 is 1.13 bits per heavy atom. The van der Waals surface area contributed by atoms with E-state index in [4.69, 9.17) is 34.2 Å². The lowest BCUT2D eigenvalue weighted by Crippen LogP contribution is -2.52. The number of ether oxygens (including phenoxy) is 6. The molecule has 0 spiro atoms. The van der Waals surface area contributed by atoms with Gasteiger partial charge in [-0.15, -0.1) is 0 Å². The van der Waals surface area contributed by atoms with Crippen LogP contribution >= 0.6 is 0 Å². The Morgan fingerprint density at radius 2 is 1.89 bits per heavy atom. The van der Waals surface area contributed by atoms with Crippen LogP contribution in [0.4, 0.5) is 9.59 Å². The predicted octanol–water partition coefficient (Wildman–Crippen LogP) is 2.38. The molecule has 0 aromatic heterocycles. The van der Waals surface area contributed by atoms with Crippen molar-refractivity contribution in [2.75, 3.05) is 39.7 Å². The molecule has 3 aliphatic rings. The van der Waals surface area contributed by atoms with Crippen LogP contribution in [0.3, 0.4) is 0 Å². The Morgan fingerprint density at radius 3 is 2.65 bits per heavy atom. The molecule has 3 aliphatic heterocycles. The van der Waals surface area contributed by atoms with Gasteiger partial charge < -0.3 is 44.6 Å². The van der Waals surface area contributed by atoms with Gasteiger partial charge in [-0.25, -0.2) is 18.0 Å². The second kappa shape index (κ2) is 14.4. The summed E-state index contributed by atoms with van der Waals surface area (Å²) >= 11 is 0. The summed E-state index contributed by atoms with van der Waals surface area (Å²) in [6.45, 7) is 3.85. The van der Waals surface area contributed by atoms with Gasteiger partial charge in [0.2, 0.25) is 16.8 Å². The second-order valence-electron chi connectivity index (χ2n) is 12.4. The van der Waals surface area contributed by atoms with Crippen LogP contribution in [0, 0.1) is 11.3 Å². The monoisotopic (exact) mass is 663 g/mol. The van der Waals surface area contributed by atoms with Gasteiger partial charge in [-0.1, -0.05) is 44.2 Å². The molecule has 2 aromatic rings. The van der Waals surface area contributed by atoms with E-state index >= 15 is 0 Å². The zero-order valence-electron chi connectivity index (χ0n) is 25.8. The quantitative estimate of drug-likeness (QED) is 0.270. The fourth-order valence-electron chi connectivity index (χ4n) is 5.78. The summed E-state index contributed by atoms with van der Waals surface area (Å²) in [5, 5.41) is 14.4. The highest BCUT2D eigenvalue weighted by Crippen LogP contribution is 2.36. The molecule has 0 radical (unpaired) electrons. The van der Waals surface area contributed by atoms with E-state index in [0.717, 1.165) is 9.87 Å². The van der Waals surface area contributed by atoms with E-state index in [2.05, 4.69) is 5.32 Å². The number of amides is 2. The number of alkyl carbamates (subject to hydrolysis) is 1. The smallest absolute Gasteiger partial charge is 0.407 e. The topological polar surface area (TPSA) is 185 Å². The first-order chi connectivity index (χ1) is 21.9. The number of hydrogen-bond acceptors (Lipinski definition) is 11. The van der Waals surface area contributed by atoms with Crippen LogP contribution in [0.2, 0.25) is 0 Å². The molecule has 5 rings (SSSR count). The first-order valence-corrected chi connectivity index (χ1v) is 16.6. The van der Waals surface area contributed by atoms with Crippen LogP contribution in [-0.2, 0) is 35.4 Å². The molecule has 46 heavy (non-hydrogen) atoms. The van der Waals surface area contributed by atoms with Gasteiger partial charge in [0.25, 0.3) is 0 Å². The van der Waals surface area contributed by atoms with Crippen molar-refractivity contribution >= 4 is 22.2 Å². The number of primary amides is 1. The Balaban J connectivity index is 1.37. The Labute approximate surface area is 268 Å². The van der Waals surface area contributed by atoms with Gasteiger partial charge in [-0.2, -0.15) is 4.31 Å². The highest BCUT2D eigenvalue weighted by Gasteiger charge is 2.44. The van der Waals surface area contributed by atoms with Crippen molar-refractivity contribution in [3.63, 3.8) is 0 Å². The zero-order chi connectivity index (χ0) is 32.9. The Hall–Kier alpha value is -3.63. The van der Waals surface area contributed by atoms with E-state index in [1.807, 2.05) is 44.2 Å². The van der Waals surface area contributed by atoms with Crippen molar-refractivity contribution in [2.24, 2.45) is 17.1 Å². The molecule has 2 amide bonds. The number of nitrogens with zero attached hydrogens (tertiary/aromatic N) is 1. The summed E-state index contributed by atoms with van der Waals surface area (Å²) in [5.41, 5.74) is 5.21. The number of rotatable bonds is 14. The number of fused-ring (bicyclic) bond motifs is 2. The van der Waals surface area contributed by atoms with E-state index in [0.29, 0.717) is 18.8 Å². The van der Waals surface area contributed by atoms with Crippen LogP contribution in [0.1, 0.15) is 32.3 Å². The third kappa shape index (κ3) is 8.39. The Bertz CT molecular complexity index is 1470. The fourth-order valence-corrected chi connectivity index (χ4v) is 7.44. The predicted molar refractivity (Wildman–Crippen MR) is 162 cm³/mol. The molecule has 252 valence electrons. The maximum absolute atomic E-state index is 14.1. The lowest BCUT2D eigenvalue weighted by molar-refractivity contribution is -0.0907. The number of nitrogens with one attached hydrogen (secondary N) is 1. The molecule has 0 unspecified atom stereocenters. The van der Waals surface area contributed by atoms with Crippen molar-refractivity contribution in [1.82, 2.24) is 9.62 Å². The van der Waals surface area contributed by atoms with Crippen molar-refractivity contribution in [3.05, 3.63) is 54.1 Å². The third-order valence-corrected chi connectivity index (χ3v) is 10.1. The van der Waals surface area contributed by atoms with Gasteiger partial charge in [0, 0.05) is 19.2 Å². The van der Waals surface area contributed by atoms with Crippen molar-refractivity contribution < 1.29 is 51.5 Å². The SMILES string of the molecule is CC(C)(CCOC(N)=O)CN(C[C@@H](O)[C@H](Cc1ccccc1)NC(=O)O[C@H]1CO[C@H]2OCC[C@H]21)S(=O)(=O)c1ccc2c(c1)OCO2. The molecule has 2 aromatic carbocycles. The molecular formula is C31H41N3O11S. The van der Waals surface area contributed by atoms with Crippen molar-refractivity contribution in [3.8, 4) is 11.5 Å². The van der Waals surface area contributed by atoms with E-state index in [1.54, 1.807) is 0 Å². The van der Waals surface area contributed by atoms with Crippen LogP contribution in [0.15, 0.2) is 53.4 Å². The molecule has 5 atom stereocenters. The first kappa shape index (κ1) is 33.7. The molecule has 15 heteroatoms. The summed E-state index contributed by atoms with van der Waals surface area (Å²) in [6.07, 6.45) is -2.78. The lowest BCUT2D eigenvalue weighted by Gasteiger charge is -2.35. The van der Waals surface area contributed by atoms with Gasteiger partial charge in [-0.05, 0) is 42.4 Å². The minimum absolute atomic E-state index is 0.0232. The largest absolute Gasteiger partial charge is 0.454 e. The normalized spacial score (nSPS) is 21.9. The maximum atomic E-state index is 14.1. The number of nitrogens with two attached hydrogens (primary N) is 1. The summed E-state index contributed by atoms with van der Waals surface area (Å²) in [4.78, 5) is 24.2. The number of sulfonamides is 1. The molecule has 2 fully saturated rings. The second-order valence-corrected chi connectivity index (χ2v) is 14.3. The fraction of sp³-hybridized carbons (Fsp3) is 0.548. The van der Waals surface area contributed by atoms with Gasteiger partial charge in [-0.3, -0.25) is 0 Å². The van der Waals surface area contributed by atoms with E-state index in [9.17, 15) is 23.1 Å². The van der Waals surface area contributed by atoms with Crippen LogP contribution in [0.5, 0.6) is 11.5 Å². The highest BCUT2D eigenvalue weighted by molar-refractivity contribution is 7.89. The Kier molecular flexibility index (Phi) is 10.6. The summed E-state index contributed by atoms with van der Waals surface area (Å²) < 4.78 is 61.9. The van der Waals surface area contributed by atoms with Gasteiger partial charge in [0.15, 0.2) is 17.8 Å². The molecule has 0 aliphatic carbocycles. The molecule has 0 saturated carbocycles. The van der Waals surface area contributed by atoms with E-state index in [-0.39, 0.29) is 62.5 Å². The summed E-state index contributed by atoms with van der Waals surface area (Å²) in [6, 6.07) is 12.6. The van der Waals surface area contributed by atoms with Gasteiger partial charge in [0.05, 0.1) is 42.8 Å². The number of aliphatic hydroxyl groups is 1. The molecule has 3 heterocycles. The minimum Gasteiger partial charge on any atom is -0.454 e. The first-order valence-electron chi connectivity index (χ1n) is 15.2. The van der Waals surface area contributed by atoms with Gasteiger partial charge >= 0.3 is 12.2 Å². The summed E-state index contributed by atoms with van der Waals surface area (Å²) in [5.74, 6) is 0.627. The lowest BCUT2D eigenvalue weighted by atomic mass is 9.89. The minimum atomic E-state index is -4.22.